The Hall–Kier alpha value is -3.75. The summed E-state index contributed by atoms with van der Waals surface area (Å²) in [6, 6.07) is 38.3. The molecular formula is C48H56O4P2S. The van der Waals surface area contributed by atoms with Crippen LogP contribution in [0.4, 0.5) is 0 Å². The summed E-state index contributed by atoms with van der Waals surface area (Å²) in [7, 11) is -0.475. The van der Waals surface area contributed by atoms with Gasteiger partial charge in [-0.05, 0) is 78.6 Å². The molecule has 0 radical (unpaired) electrons. The minimum atomic E-state index is -0.237. The molecule has 0 spiro atoms. The number of benzene rings is 6. The van der Waals surface area contributed by atoms with Crippen LogP contribution < -0.4 is 18.1 Å². The van der Waals surface area contributed by atoms with Gasteiger partial charge in [-0.15, -0.1) is 0 Å². The number of fused-ring (bicyclic) bond motifs is 2. The first-order chi connectivity index (χ1) is 25.8. The van der Waals surface area contributed by atoms with E-state index >= 15 is 0 Å². The van der Waals surface area contributed by atoms with E-state index in [1.165, 1.54) is 22.3 Å². The van der Waals surface area contributed by atoms with E-state index in [2.05, 4.69) is 192 Å². The Balaban J connectivity index is 1.32. The van der Waals surface area contributed by atoms with Crippen molar-refractivity contribution in [3.63, 3.8) is 0 Å². The van der Waals surface area contributed by atoms with Crippen LogP contribution in [0.5, 0.6) is 23.0 Å². The van der Waals surface area contributed by atoms with Gasteiger partial charge in [0.25, 0.3) is 18.1 Å². The molecule has 2 atom stereocenters. The van der Waals surface area contributed by atoms with Crippen molar-refractivity contribution in [3.8, 4) is 23.0 Å². The number of hydrogen-bond donors (Lipinski definition) is 0. The fourth-order valence-corrected chi connectivity index (χ4v) is 8.99. The first-order valence-electron chi connectivity index (χ1n) is 19.0. The summed E-state index contributed by atoms with van der Waals surface area (Å²) in [4.78, 5) is 2.01. The van der Waals surface area contributed by atoms with Gasteiger partial charge in [-0.3, -0.25) is 0 Å². The lowest BCUT2D eigenvalue weighted by Gasteiger charge is -2.27. The SMILES string of the molecule is CC(C)(C)c1ccc(OPOc2ccc3ccccc3c2Sc2c(OPOc3ccc(C(C)(C)C)cc3C(C)(C)C)ccc3ccccc23)c(C(C)(C)C)c1. The molecule has 0 aromatic heterocycles. The van der Waals surface area contributed by atoms with Crippen LogP contribution in [0.2, 0.25) is 0 Å². The molecule has 0 bridgehead atoms. The molecular weight excluding hydrogens is 735 g/mol. The predicted molar refractivity (Wildman–Crippen MR) is 239 cm³/mol. The molecule has 0 aliphatic heterocycles. The lowest BCUT2D eigenvalue weighted by atomic mass is 9.80. The first kappa shape index (κ1) is 40.9. The molecule has 288 valence electrons. The quantitative estimate of drug-likeness (QED) is 0.129. The minimum absolute atomic E-state index is 0.0401. The highest BCUT2D eigenvalue weighted by atomic mass is 32.2. The first-order valence-corrected chi connectivity index (χ1v) is 21.4. The van der Waals surface area contributed by atoms with E-state index in [-0.39, 0.29) is 39.7 Å². The Morgan fingerprint density at radius 1 is 0.382 bits per heavy atom. The van der Waals surface area contributed by atoms with Gasteiger partial charge in [-0.25, -0.2) is 0 Å². The third-order valence-electron chi connectivity index (χ3n) is 9.80. The highest BCUT2D eigenvalue weighted by Gasteiger charge is 2.25. The molecule has 0 heterocycles. The zero-order chi connectivity index (χ0) is 39.8. The average Bonchev–Trinajstić information content (AvgIpc) is 3.11. The maximum atomic E-state index is 6.58. The van der Waals surface area contributed by atoms with Crippen LogP contribution in [0, 0.1) is 0 Å². The van der Waals surface area contributed by atoms with Gasteiger partial charge in [-0.1, -0.05) is 180 Å². The van der Waals surface area contributed by atoms with Crippen LogP contribution in [0.1, 0.15) is 105 Å². The van der Waals surface area contributed by atoms with Crippen molar-refractivity contribution in [3.05, 3.63) is 131 Å². The molecule has 4 nitrogen and oxygen atoms in total. The molecule has 6 aromatic carbocycles. The summed E-state index contributed by atoms with van der Waals surface area (Å²) in [5, 5.41) is 4.48. The van der Waals surface area contributed by atoms with E-state index < -0.39 is 0 Å². The number of rotatable bonds is 10. The monoisotopic (exact) mass is 790 g/mol. The Labute approximate surface area is 337 Å². The van der Waals surface area contributed by atoms with Crippen molar-refractivity contribution in [1.29, 1.82) is 0 Å². The van der Waals surface area contributed by atoms with Crippen LogP contribution in [-0.2, 0) is 21.7 Å². The highest BCUT2D eigenvalue weighted by Crippen LogP contribution is 2.49. The third-order valence-corrected chi connectivity index (χ3v) is 12.3. The normalized spacial score (nSPS) is 13.0. The fourth-order valence-electron chi connectivity index (χ4n) is 6.48. The van der Waals surface area contributed by atoms with Crippen LogP contribution in [0.15, 0.2) is 119 Å². The molecule has 7 heteroatoms. The topological polar surface area (TPSA) is 36.9 Å². The summed E-state index contributed by atoms with van der Waals surface area (Å²) >= 11 is 1.66. The Kier molecular flexibility index (Phi) is 11.9. The molecule has 0 saturated carbocycles. The van der Waals surface area contributed by atoms with Gasteiger partial charge in [0, 0.05) is 11.1 Å². The lowest BCUT2D eigenvalue weighted by molar-refractivity contribution is 0.486. The fraction of sp³-hybridized carbons (Fsp3) is 0.333. The Morgan fingerprint density at radius 3 is 1.09 bits per heavy atom. The molecule has 0 aliphatic carbocycles. The molecule has 6 aromatic rings. The van der Waals surface area contributed by atoms with Gasteiger partial charge in [0.05, 0.1) is 9.79 Å². The van der Waals surface area contributed by atoms with Gasteiger partial charge >= 0.3 is 0 Å². The molecule has 0 saturated heterocycles. The van der Waals surface area contributed by atoms with Crippen LogP contribution >= 0.6 is 29.8 Å². The second kappa shape index (κ2) is 16.0. The largest absolute Gasteiger partial charge is 0.440 e. The summed E-state index contributed by atoms with van der Waals surface area (Å²) in [5.74, 6) is 3.22. The lowest BCUT2D eigenvalue weighted by Crippen LogP contribution is -2.17. The zero-order valence-corrected chi connectivity index (χ0v) is 37.3. The summed E-state index contributed by atoms with van der Waals surface area (Å²) in [6.45, 7) is 26.8. The van der Waals surface area contributed by atoms with Crippen molar-refractivity contribution in [2.75, 3.05) is 0 Å². The smallest absolute Gasteiger partial charge is 0.275 e. The minimum Gasteiger partial charge on any atom is -0.440 e. The van der Waals surface area contributed by atoms with E-state index in [1.54, 1.807) is 11.8 Å². The molecule has 0 aliphatic rings. The third kappa shape index (κ3) is 9.62. The van der Waals surface area contributed by atoms with Gasteiger partial charge in [0.15, 0.2) is 0 Å². The summed E-state index contributed by atoms with van der Waals surface area (Å²) < 4.78 is 26.1. The van der Waals surface area contributed by atoms with E-state index in [4.69, 9.17) is 18.1 Å². The van der Waals surface area contributed by atoms with Crippen LogP contribution in [0.3, 0.4) is 0 Å². The predicted octanol–water partition coefficient (Wildman–Crippen LogP) is 15.3. The van der Waals surface area contributed by atoms with Gasteiger partial charge in [0.2, 0.25) is 0 Å². The molecule has 0 N–H and O–H groups in total. The second-order valence-corrected chi connectivity index (χ2v) is 20.5. The molecule has 0 amide bonds. The molecule has 6 rings (SSSR count). The maximum Gasteiger partial charge on any atom is 0.275 e. The summed E-state index contributed by atoms with van der Waals surface area (Å²) in [6.07, 6.45) is 0. The van der Waals surface area contributed by atoms with E-state index in [9.17, 15) is 0 Å². The second-order valence-electron chi connectivity index (χ2n) is 18.3. The highest BCUT2D eigenvalue weighted by molar-refractivity contribution is 8.00. The Bertz CT molecular complexity index is 2140. The van der Waals surface area contributed by atoms with Crippen molar-refractivity contribution in [1.82, 2.24) is 0 Å². The van der Waals surface area contributed by atoms with Gasteiger partial charge in [0.1, 0.15) is 23.0 Å². The van der Waals surface area contributed by atoms with Gasteiger partial charge < -0.3 is 18.1 Å². The Morgan fingerprint density at radius 2 is 0.727 bits per heavy atom. The van der Waals surface area contributed by atoms with Crippen LogP contribution in [-0.4, -0.2) is 0 Å². The van der Waals surface area contributed by atoms with E-state index in [0.717, 1.165) is 54.3 Å². The van der Waals surface area contributed by atoms with Crippen LogP contribution in [0.25, 0.3) is 21.5 Å². The van der Waals surface area contributed by atoms with E-state index in [1.807, 2.05) is 0 Å². The van der Waals surface area contributed by atoms with Crippen molar-refractivity contribution >= 4 is 51.4 Å². The van der Waals surface area contributed by atoms with Gasteiger partial charge in [-0.2, -0.15) is 0 Å². The molecule has 2 unspecified atom stereocenters. The average molecular weight is 791 g/mol. The van der Waals surface area contributed by atoms with Crippen molar-refractivity contribution < 1.29 is 18.1 Å². The maximum absolute atomic E-state index is 6.58. The van der Waals surface area contributed by atoms with Crippen molar-refractivity contribution in [2.24, 2.45) is 0 Å². The van der Waals surface area contributed by atoms with Crippen molar-refractivity contribution in [2.45, 2.75) is 115 Å². The molecule has 55 heavy (non-hydrogen) atoms. The standard InChI is InChI=1S/C48H56O4P2S/c1-45(2,3)33-23-27-39(37(29-33)47(7,8)9)49-53-51-41-25-21-31-17-13-15-19-35(31)43(41)55-44-36-20-16-14-18-32(36)22-26-42(44)52-54-50-40-28-24-34(46(4,5)6)30-38(40)48(10,11)12/h13-30,53-54H,1-12H3. The number of hydrogen-bond acceptors (Lipinski definition) is 5. The molecule has 0 fully saturated rings. The zero-order valence-electron chi connectivity index (χ0n) is 34.4. The van der Waals surface area contributed by atoms with E-state index in [0.29, 0.717) is 0 Å². The summed E-state index contributed by atoms with van der Waals surface area (Å²) in [5.41, 5.74) is 4.81.